The van der Waals surface area contributed by atoms with Crippen LogP contribution in [0.15, 0.2) is 57.7 Å². The third-order valence-corrected chi connectivity index (χ3v) is 5.83. The Balaban J connectivity index is 1.47. The Morgan fingerprint density at radius 1 is 1.23 bits per heavy atom. The summed E-state index contributed by atoms with van der Waals surface area (Å²) in [7, 11) is 0. The van der Waals surface area contributed by atoms with Crippen molar-refractivity contribution in [3.05, 3.63) is 75.6 Å². The molecule has 1 amide bonds. The number of ether oxygens (including phenoxy) is 1. The Labute approximate surface area is 178 Å². The molecule has 160 valence electrons. The smallest absolute Gasteiger partial charge is 0.336 e. The molecule has 0 spiro atoms. The molecule has 0 aliphatic carbocycles. The predicted octanol–water partition coefficient (Wildman–Crippen LogP) is 3.46. The van der Waals surface area contributed by atoms with Crippen molar-refractivity contribution >= 4 is 22.8 Å². The van der Waals surface area contributed by atoms with E-state index in [4.69, 9.17) is 9.15 Å². The number of fused-ring (bicyclic) bond motifs is 1. The van der Waals surface area contributed by atoms with Gasteiger partial charge in [-0.3, -0.25) is 9.59 Å². The number of rotatable bonds is 5. The average molecular weight is 421 g/mol. The van der Waals surface area contributed by atoms with Gasteiger partial charge in [0.1, 0.15) is 17.9 Å². The molecule has 2 aromatic carbocycles. The molecule has 1 N–H and O–H groups in total. The van der Waals surface area contributed by atoms with Crippen molar-refractivity contribution in [2.24, 2.45) is 5.92 Å². The van der Waals surface area contributed by atoms with Gasteiger partial charge in [0.05, 0.1) is 12.0 Å². The number of hydrogen-bond acceptors (Lipinski definition) is 6. The van der Waals surface area contributed by atoms with E-state index in [1.54, 1.807) is 17.9 Å². The Kier molecular flexibility index (Phi) is 5.50. The lowest BCUT2D eigenvalue weighted by Gasteiger charge is -2.25. The summed E-state index contributed by atoms with van der Waals surface area (Å²) >= 11 is 0. The minimum Gasteiger partial charge on any atom is -0.508 e. The fraction of sp³-hybridized carbons (Fsp3) is 0.292. The van der Waals surface area contributed by atoms with E-state index >= 15 is 0 Å². The van der Waals surface area contributed by atoms with Crippen LogP contribution in [0.3, 0.4) is 0 Å². The van der Waals surface area contributed by atoms with Gasteiger partial charge in [-0.25, -0.2) is 4.79 Å². The highest BCUT2D eigenvalue weighted by Crippen LogP contribution is 2.30. The molecule has 2 heterocycles. The van der Waals surface area contributed by atoms with Crippen LogP contribution in [0.1, 0.15) is 36.1 Å². The van der Waals surface area contributed by atoms with Crippen LogP contribution in [0, 0.1) is 12.8 Å². The first-order valence-corrected chi connectivity index (χ1v) is 10.1. The van der Waals surface area contributed by atoms with Crippen molar-refractivity contribution in [1.82, 2.24) is 4.90 Å². The van der Waals surface area contributed by atoms with Gasteiger partial charge in [-0.2, -0.15) is 0 Å². The van der Waals surface area contributed by atoms with Crippen molar-refractivity contribution in [2.75, 3.05) is 6.54 Å². The van der Waals surface area contributed by atoms with Crippen molar-refractivity contribution in [1.29, 1.82) is 0 Å². The topological polar surface area (TPSA) is 97.0 Å². The molecule has 0 bridgehead atoms. The maximum absolute atomic E-state index is 12.7. The van der Waals surface area contributed by atoms with Gasteiger partial charge in [0.25, 0.3) is 0 Å². The third kappa shape index (κ3) is 4.03. The third-order valence-electron chi connectivity index (χ3n) is 5.83. The predicted molar refractivity (Wildman–Crippen MR) is 113 cm³/mol. The zero-order valence-electron chi connectivity index (χ0n) is 17.3. The molecular formula is C24H23NO6. The number of aryl methyl sites for hydroxylation is 1. The average Bonchev–Trinajstić information content (AvgIpc) is 3.16. The van der Waals surface area contributed by atoms with Crippen LogP contribution in [-0.2, 0) is 20.9 Å². The molecule has 4 rings (SSSR count). The van der Waals surface area contributed by atoms with Crippen LogP contribution < -0.4 is 5.63 Å². The van der Waals surface area contributed by atoms with Crippen LogP contribution in [0.2, 0.25) is 0 Å². The number of carbonyl (C=O) groups excluding carboxylic acids is 2. The minimum atomic E-state index is -0.592. The summed E-state index contributed by atoms with van der Waals surface area (Å²) in [5, 5.41) is 10.4. The molecule has 1 fully saturated rings. The molecule has 1 aliphatic rings. The number of likely N-dealkylation sites (tertiary alicyclic amines) is 1. The van der Waals surface area contributed by atoms with Crippen molar-refractivity contribution < 1.29 is 23.8 Å². The lowest BCUT2D eigenvalue weighted by Crippen LogP contribution is -2.29. The summed E-state index contributed by atoms with van der Waals surface area (Å²) in [6, 6.07) is 13.9. The van der Waals surface area contributed by atoms with E-state index in [2.05, 4.69) is 0 Å². The molecule has 2 atom stereocenters. The van der Waals surface area contributed by atoms with Crippen LogP contribution in [0.5, 0.6) is 5.75 Å². The van der Waals surface area contributed by atoms with Crippen molar-refractivity contribution in [2.45, 2.75) is 32.9 Å². The normalized spacial score (nSPS) is 17.2. The molecule has 0 radical (unpaired) electrons. The maximum atomic E-state index is 12.7. The SMILES string of the molecule is Cc1c(O)ccc2c(COC(=O)[C@H]3CC(=O)N([C@H](C)c4ccccc4)C3)cc(=O)oc12. The zero-order valence-corrected chi connectivity index (χ0v) is 17.3. The van der Waals surface area contributed by atoms with Gasteiger partial charge in [0.15, 0.2) is 0 Å². The van der Waals surface area contributed by atoms with Gasteiger partial charge in [-0.1, -0.05) is 30.3 Å². The molecule has 1 saturated heterocycles. The highest BCUT2D eigenvalue weighted by Gasteiger charge is 2.38. The van der Waals surface area contributed by atoms with Crippen LogP contribution in [-0.4, -0.2) is 28.4 Å². The number of benzene rings is 2. The highest BCUT2D eigenvalue weighted by molar-refractivity contribution is 5.88. The Morgan fingerprint density at radius 2 is 1.97 bits per heavy atom. The standard InChI is InChI=1S/C24H23NO6/c1-14-20(26)9-8-19-18(11-22(28)31-23(14)19)13-30-24(29)17-10-21(27)25(12-17)15(2)16-6-4-3-5-7-16/h3-9,11,15,17,26H,10,12-13H2,1-2H3/t15-,17+/m1/s1. The fourth-order valence-electron chi connectivity index (χ4n) is 3.98. The second-order valence-corrected chi connectivity index (χ2v) is 7.82. The van der Waals surface area contributed by atoms with Gasteiger partial charge in [0, 0.05) is 35.5 Å². The number of esters is 1. The van der Waals surface area contributed by atoms with Crippen molar-refractivity contribution in [3.63, 3.8) is 0 Å². The van der Waals surface area contributed by atoms with E-state index in [9.17, 15) is 19.5 Å². The Hall–Kier alpha value is -3.61. The van der Waals surface area contributed by atoms with E-state index in [0.717, 1.165) is 5.56 Å². The minimum absolute atomic E-state index is 0.0156. The van der Waals surface area contributed by atoms with E-state index in [-0.39, 0.29) is 36.3 Å². The molecule has 7 nitrogen and oxygen atoms in total. The maximum Gasteiger partial charge on any atom is 0.336 e. The largest absolute Gasteiger partial charge is 0.508 e. The molecule has 1 aromatic heterocycles. The van der Waals surface area contributed by atoms with Crippen molar-refractivity contribution in [3.8, 4) is 5.75 Å². The number of carbonyl (C=O) groups is 2. The summed E-state index contributed by atoms with van der Waals surface area (Å²) in [5.41, 5.74) is 1.60. The fourth-order valence-corrected chi connectivity index (χ4v) is 3.98. The molecule has 3 aromatic rings. The highest BCUT2D eigenvalue weighted by atomic mass is 16.5. The second-order valence-electron chi connectivity index (χ2n) is 7.82. The number of aromatic hydroxyl groups is 1. The van der Waals surface area contributed by atoms with Crippen LogP contribution in [0.25, 0.3) is 11.0 Å². The number of hydrogen-bond donors (Lipinski definition) is 1. The first-order chi connectivity index (χ1) is 14.8. The van der Waals surface area contributed by atoms with Gasteiger partial charge >= 0.3 is 11.6 Å². The van der Waals surface area contributed by atoms with Gasteiger partial charge < -0.3 is 19.2 Å². The Bertz CT molecular complexity index is 1200. The molecule has 1 aliphatic heterocycles. The van der Waals surface area contributed by atoms with E-state index in [1.165, 1.54) is 12.1 Å². The second kappa shape index (κ2) is 8.26. The molecule has 0 unspecified atom stereocenters. The van der Waals surface area contributed by atoms with Crippen LogP contribution in [0.4, 0.5) is 0 Å². The van der Waals surface area contributed by atoms with E-state index in [1.807, 2.05) is 37.3 Å². The zero-order chi connectivity index (χ0) is 22.1. The number of amides is 1. The van der Waals surface area contributed by atoms with E-state index in [0.29, 0.717) is 23.1 Å². The molecule has 0 saturated carbocycles. The number of phenols is 1. The molecule has 31 heavy (non-hydrogen) atoms. The van der Waals surface area contributed by atoms with Gasteiger partial charge in [0.2, 0.25) is 5.91 Å². The number of nitrogens with zero attached hydrogens (tertiary/aromatic N) is 1. The summed E-state index contributed by atoms with van der Waals surface area (Å²) in [6.07, 6.45) is 0.0979. The quantitative estimate of drug-likeness (QED) is 0.501. The van der Waals surface area contributed by atoms with Crippen LogP contribution >= 0.6 is 0 Å². The molecular weight excluding hydrogens is 398 g/mol. The van der Waals surface area contributed by atoms with Gasteiger partial charge in [-0.15, -0.1) is 0 Å². The Morgan fingerprint density at radius 3 is 2.71 bits per heavy atom. The summed E-state index contributed by atoms with van der Waals surface area (Å²) < 4.78 is 10.7. The number of phenolic OH excluding ortho intramolecular Hbond substituents is 1. The van der Waals surface area contributed by atoms with Gasteiger partial charge in [-0.05, 0) is 31.5 Å². The first-order valence-electron chi connectivity index (χ1n) is 10.1. The summed E-state index contributed by atoms with van der Waals surface area (Å²) in [6.45, 7) is 3.75. The lowest BCUT2D eigenvalue weighted by molar-refractivity contribution is -0.149. The lowest BCUT2D eigenvalue weighted by atomic mass is 10.1. The monoisotopic (exact) mass is 421 g/mol. The summed E-state index contributed by atoms with van der Waals surface area (Å²) in [4.78, 5) is 38.8. The summed E-state index contributed by atoms with van der Waals surface area (Å²) in [5.74, 6) is -1.11. The molecule has 7 heteroatoms. The first kappa shape index (κ1) is 20.7. The van der Waals surface area contributed by atoms with E-state index < -0.39 is 17.5 Å².